The van der Waals surface area contributed by atoms with Crippen LogP contribution in [0.2, 0.25) is 0 Å². The average molecular weight is 230 g/mol. The van der Waals surface area contributed by atoms with E-state index in [0.717, 1.165) is 26.1 Å². The van der Waals surface area contributed by atoms with Crippen LogP contribution in [-0.2, 0) is 11.3 Å². The average Bonchev–Trinajstić information content (AvgIpc) is 2.34. The van der Waals surface area contributed by atoms with Gasteiger partial charge in [0, 0.05) is 19.6 Å². The fourth-order valence-electron chi connectivity index (χ4n) is 2.46. The van der Waals surface area contributed by atoms with Crippen LogP contribution >= 0.6 is 0 Å². The maximum atomic E-state index is 10.3. The van der Waals surface area contributed by atoms with E-state index in [0.29, 0.717) is 5.92 Å². The van der Waals surface area contributed by atoms with E-state index in [2.05, 4.69) is 41.1 Å². The summed E-state index contributed by atoms with van der Waals surface area (Å²) >= 11 is 0. The smallest absolute Gasteiger partial charge is 0.235 e. The number of likely N-dealkylation sites (tertiary alicyclic amines) is 1. The second-order valence-electron chi connectivity index (χ2n) is 4.77. The van der Waals surface area contributed by atoms with E-state index in [4.69, 9.17) is 0 Å². The summed E-state index contributed by atoms with van der Waals surface area (Å²) in [4.78, 5) is 16.6. The predicted molar refractivity (Wildman–Crippen MR) is 67.4 cm³/mol. The van der Waals surface area contributed by atoms with E-state index in [-0.39, 0.29) is 6.04 Å². The first-order valence-corrected chi connectivity index (χ1v) is 6.13. The summed E-state index contributed by atoms with van der Waals surface area (Å²) in [6, 6.07) is 10.7. The maximum Gasteiger partial charge on any atom is 0.235 e. The molecule has 3 nitrogen and oxygen atoms in total. The zero-order chi connectivity index (χ0) is 12.1. The third-order valence-electron chi connectivity index (χ3n) is 3.41. The van der Waals surface area contributed by atoms with Crippen molar-refractivity contribution in [2.45, 2.75) is 25.9 Å². The first-order chi connectivity index (χ1) is 8.29. The SMILES string of the molecule is CC1CN(Cc2ccccc2)CCC1N=C=O. The van der Waals surface area contributed by atoms with Gasteiger partial charge >= 0.3 is 0 Å². The number of aliphatic imine (C=N–C) groups is 1. The molecule has 1 aromatic rings. The van der Waals surface area contributed by atoms with Crippen LogP contribution in [0, 0.1) is 5.92 Å². The van der Waals surface area contributed by atoms with E-state index in [9.17, 15) is 4.79 Å². The molecule has 2 rings (SSSR count). The minimum atomic E-state index is 0.166. The Kier molecular flexibility index (Phi) is 4.08. The molecule has 2 atom stereocenters. The molecule has 0 aromatic heterocycles. The second-order valence-corrected chi connectivity index (χ2v) is 4.77. The van der Waals surface area contributed by atoms with Gasteiger partial charge in [0.1, 0.15) is 0 Å². The molecule has 1 heterocycles. The quantitative estimate of drug-likeness (QED) is 0.589. The molecule has 0 bridgehead atoms. The van der Waals surface area contributed by atoms with E-state index in [1.54, 1.807) is 6.08 Å². The molecule has 1 aromatic carbocycles. The highest BCUT2D eigenvalue weighted by Crippen LogP contribution is 2.20. The van der Waals surface area contributed by atoms with Crippen LogP contribution in [-0.4, -0.2) is 30.1 Å². The van der Waals surface area contributed by atoms with Crippen molar-refractivity contribution in [2.24, 2.45) is 10.9 Å². The third kappa shape index (κ3) is 3.26. The molecule has 1 saturated heterocycles. The molecule has 0 radical (unpaired) electrons. The highest BCUT2D eigenvalue weighted by Gasteiger charge is 2.25. The Bertz CT molecular complexity index is 398. The summed E-state index contributed by atoms with van der Waals surface area (Å²) in [5.74, 6) is 0.439. The molecular formula is C14H18N2O. The van der Waals surface area contributed by atoms with Crippen molar-refractivity contribution in [3.8, 4) is 0 Å². The number of benzene rings is 1. The molecule has 2 unspecified atom stereocenters. The van der Waals surface area contributed by atoms with Gasteiger partial charge in [0.05, 0.1) is 6.04 Å². The molecular weight excluding hydrogens is 212 g/mol. The summed E-state index contributed by atoms with van der Waals surface area (Å²) in [5.41, 5.74) is 1.34. The molecule has 1 aliphatic rings. The Hall–Kier alpha value is -1.44. The molecule has 90 valence electrons. The summed E-state index contributed by atoms with van der Waals surface area (Å²) in [6.07, 6.45) is 2.65. The Balaban J connectivity index is 1.91. The number of carbonyl (C=O) groups excluding carboxylic acids is 1. The van der Waals surface area contributed by atoms with Gasteiger partial charge in [-0.1, -0.05) is 37.3 Å². The van der Waals surface area contributed by atoms with Crippen molar-refractivity contribution in [1.82, 2.24) is 4.90 Å². The van der Waals surface area contributed by atoms with Gasteiger partial charge in [-0.25, -0.2) is 9.79 Å². The monoisotopic (exact) mass is 230 g/mol. The molecule has 0 amide bonds. The number of rotatable bonds is 3. The van der Waals surface area contributed by atoms with E-state index in [1.165, 1.54) is 5.56 Å². The lowest BCUT2D eigenvalue weighted by Gasteiger charge is -2.34. The third-order valence-corrected chi connectivity index (χ3v) is 3.41. The summed E-state index contributed by atoms with van der Waals surface area (Å²) < 4.78 is 0. The molecule has 3 heteroatoms. The van der Waals surface area contributed by atoms with Crippen LogP contribution in [0.5, 0.6) is 0 Å². The molecule has 1 aliphatic heterocycles. The standard InChI is InChI=1S/C14H18N2O/c1-12-9-16(8-7-14(12)15-11-17)10-13-5-3-2-4-6-13/h2-6,12,14H,7-10H2,1H3. The van der Waals surface area contributed by atoms with E-state index in [1.807, 2.05) is 6.07 Å². The predicted octanol–water partition coefficient (Wildman–Crippen LogP) is 2.23. The van der Waals surface area contributed by atoms with Crippen LogP contribution in [0.3, 0.4) is 0 Å². The first kappa shape index (κ1) is 12.0. The van der Waals surface area contributed by atoms with Gasteiger partial charge in [-0.05, 0) is 17.9 Å². The van der Waals surface area contributed by atoms with Gasteiger partial charge in [-0.15, -0.1) is 0 Å². The highest BCUT2D eigenvalue weighted by molar-refractivity contribution is 5.33. The van der Waals surface area contributed by atoms with Gasteiger partial charge in [-0.2, -0.15) is 0 Å². The van der Waals surface area contributed by atoms with Crippen LogP contribution < -0.4 is 0 Å². The summed E-state index contributed by atoms with van der Waals surface area (Å²) in [6.45, 7) is 5.16. The van der Waals surface area contributed by atoms with Crippen LogP contribution in [0.15, 0.2) is 35.3 Å². The van der Waals surface area contributed by atoms with Crippen molar-refractivity contribution in [1.29, 1.82) is 0 Å². The van der Waals surface area contributed by atoms with Gasteiger partial charge < -0.3 is 0 Å². The maximum absolute atomic E-state index is 10.3. The zero-order valence-electron chi connectivity index (χ0n) is 10.2. The second kappa shape index (κ2) is 5.76. The van der Waals surface area contributed by atoms with Crippen molar-refractivity contribution in [2.75, 3.05) is 13.1 Å². The van der Waals surface area contributed by atoms with E-state index >= 15 is 0 Å². The van der Waals surface area contributed by atoms with Crippen molar-refractivity contribution in [3.05, 3.63) is 35.9 Å². The molecule has 0 aliphatic carbocycles. The zero-order valence-corrected chi connectivity index (χ0v) is 10.2. The number of piperidine rings is 1. The topological polar surface area (TPSA) is 32.7 Å². The molecule has 17 heavy (non-hydrogen) atoms. The lowest BCUT2D eigenvalue weighted by molar-refractivity contribution is 0.158. The van der Waals surface area contributed by atoms with Gasteiger partial charge in [-0.3, -0.25) is 4.90 Å². The van der Waals surface area contributed by atoms with Crippen LogP contribution in [0.25, 0.3) is 0 Å². The number of nitrogens with zero attached hydrogens (tertiary/aromatic N) is 2. The van der Waals surface area contributed by atoms with Crippen LogP contribution in [0.4, 0.5) is 0 Å². The molecule has 0 N–H and O–H groups in total. The van der Waals surface area contributed by atoms with Crippen molar-refractivity contribution < 1.29 is 4.79 Å². The largest absolute Gasteiger partial charge is 0.299 e. The lowest BCUT2D eigenvalue weighted by Crippen LogP contribution is -2.40. The minimum Gasteiger partial charge on any atom is -0.299 e. The summed E-state index contributed by atoms with van der Waals surface area (Å²) in [5, 5.41) is 0. The Morgan fingerprint density at radius 2 is 2.18 bits per heavy atom. The number of isocyanates is 1. The highest BCUT2D eigenvalue weighted by atomic mass is 16.1. The molecule has 0 saturated carbocycles. The normalized spacial score (nSPS) is 25.2. The van der Waals surface area contributed by atoms with E-state index < -0.39 is 0 Å². The molecule has 1 fully saturated rings. The van der Waals surface area contributed by atoms with Crippen molar-refractivity contribution >= 4 is 6.08 Å². The fourth-order valence-corrected chi connectivity index (χ4v) is 2.46. The number of hydrogen-bond acceptors (Lipinski definition) is 3. The lowest BCUT2D eigenvalue weighted by atomic mass is 9.94. The first-order valence-electron chi connectivity index (χ1n) is 6.13. The molecule has 0 spiro atoms. The van der Waals surface area contributed by atoms with Crippen molar-refractivity contribution in [3.63, 3.8) is 0 Å². The Labute approximate surface area is 102 Å². The number of hydrogen-bond donors (Lipinski definition) is 0. The Morgan fingerprint density at radius 1 is 1.41 bits per heavy atom. The Morgan fingerprint density at radius 3 is 2.82 bits per heavy atom. The van der Waals surface area contributed by atoms with Crippen LogP contribution in [0.1, 0.15) is 18.9 Å². The van der Waals surface area contributed by atoms with Gasteiger partial charge in [0.25, 0.3) is 0 Å². The van der Waals surface area contributed by atoms with Gasteiger partial charge in [0.2, 0.25) is 6.08 Å². The fraction of sp³-hybridized carbons (Fsp3) is 0.500. The van der Waals surface area contributed by atoms with Gasteiger partial charge in [0.15, 0.2) is 0 Å². The summed E-state index contributed by atoms with van der Waals surface area (Å²) in [7, 11) is 0. The minimum absolute atomic E-state index is 0.166.